The molecule has 3 fully saturated rings. The van der Waals surface area contributed by atoms with Gasteiger partial charge in [0.15, 0.2) is 0 Å². The fourth-order valence-corrected chi connectivity index (χ4v) is 4.00. The Morgan fingerprint density at radius 2 is 2.20 bits per heavy atom. The van der Waals surface area contributed by atoms with Crippen molar-refractivity contribution in [1.29, 1.82) is 0 Å². The van der Waals surface area contributed by atoms with Crippen LogP contribution in [0.15, 0.2) is 30.9 Å². The summed E-state index contributed by atoms with van der Waals surface area (Å²) < 4.78 is 1.61. The fourth-order valence-electron chi connectivity index (χ4n) is 4.00. The maximum atomic E-state index is 12.7. The van der Waals surface area contributed by atoms with E-state index < -0.39 is 0 Å². The third-order valence-corrected chi connectivity index (χ3v) is 5.18. The van der Waals surface area contributed by atoms with E-state index in [1.54, 1.807) is 17.2 Å². The fraction of sp³-hybridized carbons (Fsp3) is 0.588. The van der Waals surface area contributed by atoms with Gasteiger partial charge in [-0.2, -0.15) is 0 Å². The van der Waals surface area contributed by atoms with Crippen LogP contribution in [0, 0.1) is 5.92 Å². The summed E-state index contributed by atoms with van der Waals surface area (Å²) in [5.41, 5.74) is 1.24. The summed E-state index contributed by atoms with van der Waals surface area (Å²) in [7, 11) is 0. The number of aromatic nitrogens is 5. The molecule has 0 unspecified atom stereocenters. The van der Waals surface area contributed by atoms with Gasteiger partial charge in [0.05, 0.1) is 6.54 Å². The maximum absolute atomic E-state index is 12.7. The molecule has 3 aliphatic heterocycles. The van der Waals surface area contributed by atoms with Gasteiger partial charge in [0.1, 0.15) is 6.33 Å². The normalized spacial score (nSPS) is 23.6. The van der Waals surface area contributed by atoms with E-state index >= 15 is 0 Å². The van der Waals surface area contributed by atoms with Crippen molar-refractivity contribution >= 4 is 5.91 Å². The highest BCUT2D eigenvalue weighted by Gasteiger charge is 2.36. The number of carbonyl (C=O) groups excluding carboxylic acids is 1. The molecule has 3 saturated heterocycles. The summed E-state index contributed by atoms with van der Waals surface area (Å²) >= 11 is 0. The van der Waals surface area contributed by atoms with Crippen LogP contribution >= 0.6 is 0 Å². The van der Waals surface area contributed by atoms with Crippen LogP contribution in [-0.2, 0) is 17.9 Å². The van der Waals surface area contributed by atoms with Crippen LogP contribution in [0.1, 0.15) is 24.8 Å². The number of aryl methyl sites for hydroxylation is 1. The van der Waals surface area contributed by atoms with Crippen molar-refractivity contribution in [2.75, 3.05) is 19.6 Å². The summed E-state index contributed by atoms with van der Waals surface area (Å²) in [6, 6.07) is 4.42. The maximum Gasteiger partial charge on any atom is 0.224 e. The van der Waals surface area contributed by atoms with Crippen molar-refractivity contribution in [3.8, 4) is 0 Å². The zero-order valence-electron chi connectivity index (χ0n) is 14.2. The van der Waals surface area contributed by atoms with Crippen LogP contribution in [0.2, 0.25) is 0 Å². The van der Waals surface area contributed by atoms with E-state index in [2.05, 4.69) is 36.4 Å². The zero-order valence-corrected chi connectivity index (χ0v) is 14.2. The number of rotatable bonds is 5. The Bertz CT molecular complexity index is 690. The first-order valence-corrected chi connectivity index (χ1v) is 8.89. The SMILES string of the molecule is O=C(CCn1cnnn1)N1C[C@H]2CC[C@@H]1CN(Cc1cccnc1)C2. The summed E-state index contributed by atoms with van der Waals surface area (Å²) in [4.78, 5) is 21.5. The molecule has 2 atom stereocenters. The van der Waals surface area contributed by atoms with E-state index in [0.717, 1.165) is 32.6 Å². The van der Waals surface area contributed by atoms with Gasteiger partial charge in [0, 0.05) is 51.0 Å². The van der Waals surface area contributed by atoms with E-state index in [9.17, 15) is 4.79 Å². The summed E-state index contributed by atoms with van der Waals surface area (Å²) in [6.07, 6.45) is 8.06. The number of pyridine rings is 1. The van der Waals surface area contributed by atoms with E-state index in [-0.39, 0.29) is 5.91 Å². The van der Waals surface area contributed by atoms with Crippen molar-refractivity contribution in [2.45, 2.75) is 38.4 Å². The molecule has 132 valence electrons. The molecule has 5 heterocycles. The lowest BCUT2D eigenvalue weighted by Crippen LogP contribution is -2.47. The summed E-state index contributed by atoms with van der Waals surface area (Å²) in [5.74, 6) is 0.779. The molecule has 2 aromatic rings. The van der Waals surface area contributed by atoms with E-state index in [1.165, 1.54) is 12.0 Å². The summed E-state index contributed by atoms with van der Waals surface area (Å²) in [6.45, 7) is 4.33. The highest BCUT2D eigenvalue weighted by molar-refractivity contribution is 5.76. The van der Waals surface area contributed by atoms with E-state index in [0.29, 0.717) is 24.9 Å². The molecule has 5 rings (SSSR count). The van der Waals surface area contributed by atoms with Crippen molar-refractivity contribution in [1.82, 2.24) is 35.0 Å². The molecule has 3 aliphatic rings. The molecule has 0 spiro atoms. The highest BCUT2D eigenvalue weighted by atomic mass is 16.2. The number of hydrogen-bond donors (Lipinski definition) is 0. The number of fused-ring (bicyclic) bond motifs is 4. The number of tetrazole rings is 1. The summed E-state index contributed by atoms with van der Waals surface area (Å²) in [5, 5.41) is 11.1. The Labute approximate surface area is 146 Å². The molecule has 2 aromatic heterocycles. The molecule has 0 aromatic carbocycles. The highest BCUT2D eigenvalue weighted by Crippen LogP contribution is 2.29. The lowest BCUT2D eigenvalue weighted by molar-refractivity contribution is -0.135. The smallest absolute Gasteiger partial charge is 0.224 e. The van der Waals surface area contributed by atoms with Crippen LogP contribution in [0.25, 0.3) is 0 Å². The van der Waals surface area contributed by atoms with Crippen LogP contribution in [0.5, 0.6) is 0 Å². The Balaban J connectivity index is 1.38. The van der Waals surface area contributed by atoms with Crippen molar-refractivity contribution in [2.24, 2.45) is 5.92 Å². The second-order valence-electron chi connectivity index (χ2n) is 7.02. The number of amides is 1. The molecule has 0 radical (unpaired) electrons. The van der Waals surface area contributed by atoms with Crippen LogP contribution in [0.3, 0.4) is 0 Å². The monoisotopic (exact) mass is 341 g/mol. The van der Waals surface area contributed by atoms with E-state index in [1.807, 2.05) is 12.3 Å². The van der Waals surface area contributed by atoms with Gasteiger partial charge in [0.25, 0.3) is 0 Å². The number of carbonyl (C=O) groups is 1. The van der Waals surface area contributed by atoms with Crippen molar-refractivity contribution in [3.63, 3.8) is 0 Å². The average Bonchev–Trinajstić information content (AvgIpc) is 3.01. The van der Waals surface area contributed by atoms with Crippen LogP contribution in [-0.4, -0.2) is 66.6 Å². The molecule has 0 N–H and O–H groups in total. The number of hydrogen-bond acceptors (Lipinski definition) is 6. The van der Waals surface area contributed by atoms with E-state index in [4.69, 9.17) is 0 Å². The van der Waals surface area contributed by atoms with Crippen molar-refractivity contribution < 1.29 is 4.79 Å². The van der Waals surface area contributed by atoms with Gasteiger partial charge in [-0.15, -0.1) is 5.10 Å². The third kappa shape index (κ3) is 3.84. The predicted octanol–water partition coefficient (Wildman–Crippen LogP) is 0.581. The third-order valence-electron chi connectivity index (χ3n) is 5.18. The molecule has 0 saturated carbocycles. The Morgan fingerprint density at radius 3 is 3.00 bits per heavy atom. The molecular formula is C17H23N7O. The zero-order chi connectivity index (χ0) is 17.1. The van der Waals surface area contributed by atoms with Gasteiger partial charge in [0.2, 0.25) is 5.91 Å². The molecular weight excluding hydrogens is 318 g/mol. The minimum absolute atomic E-state index is 0.216. The second-order valence-corrected chi connectivity index (χ2v) is 7.02. The molecule has 0 aliphatic carbocycles. The van der Waals surface area contributed by atoms with Gasteiger partial charge < -0.3 is 4.90 Å². The molecule has 8 nitrogen and oxygen atoms in total. The standard InChI is InChI=1S/C17H23N7O/c25-17(5-7-23-13-19-20-21-23)24-11-15-3-4-16(24)12-22(10-15)9-14-2-1-6-18-8-14/h1-2,6,8,13,15-16H,3-5,7,9-12H2/t15-,16+/m0/s1. The number of nitrogens with zero attached hydrogens (tertiary/aromatic N) is 7. The van der Waals surface area contributed by atoms with Gasteiger partial charge in [-0.25, -0.2) is 4.68 Å². The predicted molar refractivity (Wildman–Crippen MR) is 90.2 cm³/mol. The molecule has 25 heavy (non-hydrogen) atoms. The second kappa shape index (κ2) is 7.26. The quantitative estimate of drug-likeness (QED) is 0.791. The van der Waals surface area contributed by atoms with Gasteiger partial charge in [-0.3, -0.25) is 14.7 Å². The Kier molecular flexibility index (Phi) is 4.69. The first-order valence-electron chi connectivity index (χ1n) is 8.89. The van der Waals surface area contributed by atoms with Gasteiger partial charge in [-0.1, -0.05) is 6.07 Å². The van der Waals surface area contributed by atoms with Crippen LogP contribution in [0.4, 0.5) is 0 Å². The van der Waals surface area contributed by atoms with Gasteiger partial charge >= 0.3 is 0 Å². The lowest BCUT2D eigenvalue weighted by Gasteiger charge is -2.36. The average molecular weight is 341 g/mol. The molecule has 2 bridgehead atoms. The minimum Gasteiger partial charge on any atom is -0.338 e. The van der Waals surface area contributed by atoms with Gasteiger partial charge in [-0.05, 0) is 40.8 Å². The number of piperidine rings is 1. The van der Waals surface area contributed by atoms with Crippen LogP contribution < -0.4 is 0 Å². The molecule has 1 amide bonds. The largest absolute Gasteiger partial charge is 0.338 e. The topological polar surface area (TPSA) is 80.0 Å². The van der Waals surface area contributed by atoms with Crippen molar-refractivity contribution in [3.05, 3.63) is 36.4 Å². The first kappa shape index (κ1) is 16.1. The Morgan fingerprint density at radius 1 is 1.24 bits per heavy atom. The Hall–Kier alpha value is -2.35. The molecule has 8 heteroatoms. The lowest BCUT2D eigenvalue weighted by atomic mass is 9.94. The first-order chi connectivity index (χ1) is 12.3. The minimum atomic E-state index is 0.216.